The molecule has 5 nitrogen and oxygen atoms in total. The van der Waals surface area contributed by atoms with Crippen molar-refractivity contribution in [2.24, 2.45) is 0 Å². The molecule has 0 saturated carbocycles. The molecule has 6 heteroatoms. The Morgan fingerprint density at radius 3 is 2.20 bits per heavy atom. The third-order valence-electron chi connectivity index (χ3n) is 3.91. The molecule has 1 N–H and O–H groups in total. The van der Waals surface area contributed by atoms with E-state index in [9.17, 15) is 13.2 Å². The maximum absolute atomic E-state index is 12.4. The van der Waals surface area contributed by atoms with Gasteiger partial charge in [-0.1, -0.05) is 31.0 Å². The Bertz CT molecular complexity index is 813. The van der Waals surface area contributed by atoms with Crippen LogP contribution in [0.3, 0.4) is 0 Å². The molecule has 0 heterocycles. The van der Waals surface area contributed by atoms with Crippen molar-refractivity contribution < 1.29 is 13.2 Å². The fourth-order valence-corrected chi connectivity index (χ4v) is 3.39. The van der Waals surface area contributed by atoms with Crippen LogP contribution in [-0.4, -0.2) is 32.8 Å². The first-order valence-electron chi connectivity index (χ1n) is 8.28. The number of aryl methyl sites for hydroxylation is 1. The van der Waals surface area contributed by atoms with Crippen molar-refractivity contribution in [3.63, 3.8) is 0 Å². The highest BCUT2D eigenvalue weighted by molar-refractivity contribution is 7.92. The highest BCUT2D eigenvalue weighted by atomic mass is 32.2. The van der Waals surface area contributed by atoms with Crippen molar-refractivity contribution in [1.29, 1.82) is 0 Å². The van der Waals surface area contributed by atoms with Gasteiger partial charge in [-0.05, 0) is 49.7 Å². The average Bonchev–Trinajstić information content (AvgIpc) is 2.61. The summed E-state index contributed by atoms with van der Waals surface area (Å²) < 4.78 is 27.4. The Morgan fingerprint density at radius 2 is 1.64 bits per heavy atom. The zero-order valence-corrected chi connectivity index (χ0v) is 15.6. The van der Waals surface area contributed by atoms with Crippen molar-refractivity contribution in [3.8, 4) is 0 Å². The number of amides is 1. The van der Waals surface area contributed by atoms with Gasteiger partial charge in [0.1, 0.15) is 0 Å². The molecule has 0 aliphatic rings. The molecular formula is C19H24N2O3S. The van der Waals surface area contributed by atoms with Crippen molar-refractivity contribution in [1.82, 2.24) is 4.90 Å². The molecule has 1 amide bonds. The van der Waals surface area contributed by atoms with Gasteiger partial charge in [0.25, 0.3) is 15.9 Å². The molecule has 0 saturated heterocycles. The number of sulfonamides is 1. The number of unbranched alkanes of at least 4 members (excludes halogenated alkanes) is 1. The Kier molecular flexibility index (Phi) is 6.20. The third-order valence-corrected chi connectivity index (χ3v) is 5.31. The zero-order valence-electron chi connectivity index (χ0n) is 14.8. The van der Waals surface area contributed by atoms with E-state index in [1.54, 1.807) is 36.2 Å². The lowest BCUT2D eigenvalue weighted by molar-refractivity contribution is 0.0793. The summed E-state index contributed by atoms with van der Waals surface area (Å²) in [5.74, 6) is -0.108. The molecule has 0 aromatic heterocycles. The van der Waals surface area contributed by atoms with Crippen LogP contribution in [0.4, 0.5) is 5.69 Å². The second-order valence-corrected chi connectivity index (χ2v) is 7.76. The minimum Gasteiger partial charge on any atom is -0.342 e. The van der Waals surface area contributed by atoms with E-state index in [4.69, 9.17) is 0 Å². The lowest BCUT2D eigenvalue weighted by atomic mass is 10.2. The number of rotatable bonds is 7. The van der Waals surface area contributed by atoms with Crippen LogP contribution in [0, 0.1) is 6.92 Å². The summed E-state index contributed by atoms with van der Waals surface area (Å²) in [6, 6.07) is 13.1. The molecule has 0 aliphatic heterocycles. The van der Waals surface area contributed by atoms with Gasteiger partial charge in [-0.25, -0.2) is 8.42 Å². The van der Waals surface area contributed by atoms with Crippen LogP contribution in [0.1, 0.15) is 35.7 Å². The molecule has 0 fully saturated rings. The molecular weight excluding hydrogens is 336 g/mol. The summed E-state index contributed by atoms with van der Waals surface area (Å²) in [4.78, 5) is 14.1. The predicted octanol–water partition coefficient (Wildman–Crippen LogP) is 3.67. The van der Waals surface area contributed by atoms with Gasteiger partial charge in [0.05, 0.1) is 4.90 Å². The van der Waals surface area contributed by atoms with Gasteiger partial charge in [-0.3, -0.25) is 9.52 Å². The van der Waals surface area contributed by atoms with Crippen LogP contribution < -0.4 is 4.72 Å². The molecule has 0 atom stereocenters. The maximum atomic E-state index is 12.4. The van der Waals surface area contributed by atoms with Crippen LogP contribution >= 0.6 is 0 Å². The first-order valence-corrected chi connectivity index (χ1v) is 9.77. The van der Waals surface area contributed by atoms with E-state index in [0.29, 0.717) is 17.8 Å². The maximum Gasteiger partial charge on any atom is 0.261 e. The normalized spacial score (nSPS) is 11.2. The summed E-state index contributed by atoms with van der Waals surface area (Å²) in [6.07, 6.45) is 1.95. The number of nitrogens with one attached hydrogen (secondary N) is 1. The lowest BCUT2D eigenvalue weighted by Gasteiger charge is -2.17. The van der Waals surface area contributed by atoms with Crippen molar-refractivity contribution in [2.45, 2.75) is 31.6 Å². The van der Waals surface area contributed by atoms with Gasteiger partial charge >= 0.3 is 0 Å². The molecule has 134 valence electrons. The first kappa shape index (κ1) is 19.0. The molecule has 2 aromatic rings. The Morgan fingerprint density at radius 1 is 1.04 bits per heavy atom. The molecule has 0 bridgehead atoms. The fraction of sp³-hybridized carbons (Fsp3) is 0.316. The van der Waals surface area contributed by atoms with Crippen LogP contribution in [0.15, 0.2) is 53.4 Å². The van der Waals surface area contributed by atoms with Gasteiger partial charge in [0.15, 0.2) is 0 Å². The summed E-state index contributed by atoms with van der Waals surface area (Å²) in [5.41, 5.74) is 2.04. The molecule has 25 heavy (non-hydrogen) atoms. The largest absolute Gasteiger partial charge is 0.342 e. The van der Waals surface area contributed by atoms with Crippen LogP contribution in [-0.2, 0) is 10.0 Å². The predicted molar refractivity (Wildman–Crippen MR) is 100 cm³/mol. The van der Waals surface area contributed by atoms with Gasteiger partial charge in [0.2, 0.25) is 0 Å². The SMILES string of the molecule is CCCCN(C)C(=O)c1ccc(S(=O)(=O)Nc2ccc(C)cc2)cc1. The number of benzene rings is 2. The summed E-state index contributed by atoms with van der Waals surface area (Å²) in [6.45, 7) is 4.69. The molecule has 0 aliphatic carbocycles. The van der Waals surface area contributed by atoms with Gasteiger partial charge in [-0.2, -0.15) is 0 Å². The minimum atomic E-state index is -3.68. The van der Waals surface area contributed by atoms with Gasteiger partial charge < -0.3 is 4.90 Å². The Balaban J connectivity index is 2.12. The zero-order chi connectivity index (χ0) is 18.4. The molecule has 0 radical (unpaired) electrons. The third kappa shape index (κ3) is 5.06. The van der Waals surface area contributed by atoms with Crippen LogP contribution in [0.5, 0.6) is 0 Å². The smallest absolute Gasteiger partial charge is 0.261 e. The van der Waals surface area contributed by atoms with E-state index in [1.807, 2.05) is 19.1 Å². The number of nitrogens with zero attached hydrogens (tertiary/aromatic N) is 1. The van der Waals surface area contributed by atoms with Gasteiger partial charge in [0, 0.05) is 24.8 Å². The summed E-state index contributed by atoms with van der Waals surface area (Å²) in [5, 5.41) is 0. The van der Waals surface area contributed by atoms with Crippen molar-refractivity contribution in [3.05, 3.63) is 59.7 Å². The first-order chi connectivity index (χ1) is 11.8. The monoisotopic (exact) mass is 360 g/mol. The number of anilines is 1. The van der Waals surface area contributed by atoms with E-state index >= 15 is 0 Å². The van der Waals surface area contributed by atoms with Crippen molar-refractivity contribution >= 4 is 21.6 Å². The Labute approximate surface area is 149 Å². The van der Waals surface area contributed by atoms with E-state index in [2.05, 4.69) is 11.6 Å². The number of carbonyl (C=O) groups excluding carboxylic acids is 1. The van der Waals surface area contributed by atoms with Crippen LogP contribution in [0.2, 0.25) is 0 Å². The quantitative estimate of drug-likeness (QED) is 0.819. The lowest BCUT2D eigenvalue weighted by Crippen LogP contribution is -2.27. The van der Waals surface area contributed by atoms with E-state index in [-0.39, 0.29) is 10.8 Å². The second kappa shape index (κ2) is 8.16. The molecule has 2 rings (SSSR count). The highest BCUT2D eigenvalue weighted by Crippen LogP contribution is 2.17. The second-order valence-electron chi connectivity index (χ2n) is 6.08. The van der Waals surface area contributed by atoms with Crippen molar-refractivity contribution in [2.75, 3.05) is 18.3 Å². The van der Waals surface area contributed by atoms with Crippen LogP contribution in [0.25, 0.3) is 0 Å². The topological polar surface area (TPSA) is 66.5 Å². The Hall–Kier alpha value is -2.34. The number of carbonyl (C=O) groups is 1. The van der Waals surface area contributed by atoms with E-state index < -0.39 is 10.0 Å². The fourth-order valence-electron chi connectivity index (χ4n) is 2.33. The summed E-state index contributed by atoms with van der Waals surface area (Å²) in [7, 11) is -1.93. The molecule has 2 aromatic carbocycles. The van der Waals surface area contributed by atoms with E-state index in [0.717, 1.165) is 18.4 Å². The van der Waals surface area contributed by atoms with E-state index in [1.165, 1.54) is 12.1 Å². The number of hydrogen-bond donors (Lipinski definition) is 1. The van der Waals surface area contributed by atoms with Gasteiger partial charge in [-0.15, -0.1) is 0 Å². The summed E-state index contributed by atoms with van der Waals surface area (Å²) >= 11 is 0. The average molecular weight is 360 g/mol. The standard InChI is InChI=1S/C19H24N2O3S/c1-4-5-14-21(3)19(22)16-8-12-18(13-9-16)25(23,24)20-17-10-6-15(2)7-11-17/h6-13,20H,4-5,14H2,1-3H3. The minimum absolute atomic E-state index is 0.108. The molecule has 0 unspecified atom stereocenters. The highest BCUT2D eigenvalue weighted by Gasteiger charge is 2.16. The molecule has 0 spiro atoms. The number of hydrogen-bond acceptors (Lipinski definition) is 3.